The fraction of sp³-hybridized carbons (Fsp3) is 0.217. The SMILES string of the molecule is CN(C)c1ccc(C(=C2C=CC([NH+](C)C)C=C2)c2ccccc2)cc1. The number of hydrogen-bond acceptors (Lipinski definition) is 1. The van der Waals surface area contributed by atoms with Crippen molar-refractivity contribution in [3.63, 3.8) is 0 Å². The van der Waals surface area contributed by atoms with Gasteiger partial charge in [-0.15, -0.1) is 0 Å². The van der Waals surface area contributed by atoms with Gasteiger partial charge in [-0.05, 0) is 46.6 Å². The molecule has 128 valence electrons. The van der Waals surface area contributed by atoms with Crippen LogP contribution in [0.1, 0.15) is 11.1 Å². The molecule has 3 rings (SSSR count). The highest BCUT2D eigenvalue weighted by atomic mass is 15.1. The average molecular weight is 331 g/mol. The van der Waals surface area contributed by atoms with E-state index in [1.807, 2.05) is 0 Å². The molecule has 0 aromatic heterocycles. The van der Waals surface area contributed by atoms with E-state index in [1.54, 1.807) is 0 Å². The second-order valence-corrected chi connectivity index (χ2v) is 6.96. The largest absolute Gasteiger partial charge is 0.378 e. The van der Waals surface area contributed by atoms with Crippen LogP contribution in [0.5, 0.6) is 0 Å². The van der Waals surface area contributed by atoms with Crippen LogP contribution < -0.4 is 9.80 Å². The molecule has 2 aromatic rings. The molecule has 0 amide bonds. The Morgan fingerprint density at radius 1 is 0.800 bits per heavy atom. The van der Waals surface area contributed by atoms with E-state index in [1.165, 1.54) is 32.9 Å². The molecule has 0 aliphatic heterocycles. The van der Waals surface area contributed by atoms with Crippen molar-refractivity contribution in [3.05, 3.63) is 95.6 Å². The van der Waals surface area contributed by atoms with Crippen LogP contribution in [0.4, 0.5) is 5.69 Å². The van der Waals surface area contributed by atoms with E-state index in [9.17, 15) is 0 Å². The van der Waals surface area contributed by atoms with Crippen LogP contribution in [0.25, 0.3) is 5.57 Å². The molecule has 2 nitrogen and oxygen atoms in total. The Morgan fingerprint density at radius 3 is 1.88 bits per heavy atom. The average Bonchev–Trinajstić information content (AvgIpc) is 2.64. The quantitative estimate of drug-likeness (QED) is 0.904. The van der Waals surface area contributed by atoms with E-state index in [0.29, 0.717) is 6.04 Å². The molecule has 0 bridgehead atoms. The van der Waals surface area contributed by atoms with Crippen LogP contribution in [0.15, 0.2) is 84.5 Å². The molecule has 0 unspecified atom stereocenters. The summed E-state index contributed by atoms with van der Waals surface area (Å²) in [6.07, 6.45) is 9.11. The summed E-state index contributed by atoms with van der Waals surface area (Å²) in [6, 6.07) is 19.9. The summed E-state index contributed by atoms with van der Waals surface area (Å²) in [5.74, 6) is 0. The third-order valence-electron chi connectivity index (χ3n) is 4.66. The smallest absolute Gasteiger partial charge is 0.125 e. The van der Waals surface area contributed by atoms with Gasteiger partial charge < -0.3 is 9.80 Å². The zero-order valence-corrected chi connectivity index (χ0v) is 15.5. The summed E-state index contributed by atoms with van der Waals surface area (Å²) >= 11 is 0. The van der Waals surface area contributed by atoms with Gasteiger partial charge in [-0.1, -0.05) is 54.6 Å². The maximum atomic E-state index is 2.29. The minimum absolute atomic E-state index is 0.442. The third-order valence-corrected chi connectivity index (χ3v) is 4.66. The standard InChI is InChI=1S/C23H26N2/c1-24(2)21-14-10-19(11-15-21)23(18-8-6-5-7-9-18)20-12-16-22(17-13-20)25(3)4/h5-17,21H,1-4H3/p+1. The first kappa shape index (κ1) is 17.2. The Hall–Kier alpha value is -2.58. The Kier molecular flexibility index (Phi) is 5.20. The van der Waals surface area contributed by atoms with Crippen LogP contribution in [0.3, 0.4) is 0 Å². The van der Waals surface area contributed by atoms with Gasteiger partial charge in [0.2, 0.25) is 0 Å². The second kappa shape index (κ2) is 7.54. The second-order valence-electron chi connectivity index (χ2n) is 6.96. The number of allylic oxidation sites excluding steroid dienone is 3. The number of likely N-dealkylation sites (N-methyl/N-ethyl adjacent to an activating group) is 1. The minimum atomic E-state index is 0.442. The first-order valence-corrected chi connectivity index (χ1v) is 8.80. The van der Waals surface area contributed by atoms with Crippen molar-refractivity contribution in [2.45, 2.75) is 6.04 Å². The van der Waals surface area contributed by atoms with Gasteiger partial charge in [-0.25, -0.2) is 0 Å². The highest BCUT2D eigenvalue weighted by molar-refractivity contribution is 5.86. The molecule has 0 spiro atoms. The molecule has 0 fully saturated rings. The van der Waals surface area contributed by atoms with E-state index in [0.717, 1.165) is 0 Å². The fourth-order valence-electron chi connectivity index (χ4n) is 3.12. The number of nitrogens with zero attached hydrogens (tertiary/aromatic N) is 1. The number of quaternary nitrogens is 1. The Balaban J connectivity index is 2.07. The minimum Gasteiger partial charge on any atom is -0.378 e. The maximum Gasteiger partial charge on any atom is 0.125 e. The van der Waals surface area contributed by atoms with Gasteiger partial charge >= 0.3 is 0 Å². The summed E-state index contributed by atoms with van der Waals surface area (Å²) in [4.78, 5) is 3.55. The molecular formula is C23H27N2+. The maximum absolute atomic E-state index is 2.29. The monoisotopic (exact) mass is 331 g/mol. The van der Waals surface area contributed by atoms with Gasteiger partial charge in [0.15, 0.2) is 0 Å². The molecule has 0 heterocycles. The van der Waals surface area contributed by atoms with Crippen LogP contribution in [-0.4, -0.2) is 34.2 Å². The lowest BCUT2D eigenvalue weighted by atomic mass is 9.90. The van der Waals surface area contributed by atoms with Gasteiger partial charge in [0, 0.05) is 19.8 Å². The zero-order valence-electron chi connectivity index (χ0n) is 15.5. The fourth-order valence-corrected chi connectivity index (χ4v) is 3.12. The van der Waals surface area contributed by atoms with Crippen LogP contribution in [-0.2, 0) is 0 Å². The highest BCUT2D eigenvalue weighted by Crippen LogP contribution is 2.30. The summed E-state index contributed by atoms with van der Waals surface area (Å²) in [6.45, 7) is 0. The van der Waals surface area contributed by atoms with Crippen molar-refractivity contribution < 1.29 is 4.90 Å². The molecule has 2 aromatic carbocycles. The number of anilines is 1. The predicted octanol–water partition coefficient (Wildman–Crippen LogP) is 3.19. The van der Waals surface area contributed by atoms with E-state index in [4.69, 9.17) is 0 Å². The van der Waals surface area contributed by atoms with Crippen molar-refractivity contribution in [2.24, 2.45) is 0 Å². The highest BCUT2D eigenvalue weighted by Gasteiger charge is 2.15. The molecule has 0 saturated heterocycles. The molecule has 0 atom stereocenters. The van der Waals surface area contributed by atoms with Gasteiger partial charge in [0.05, 0.1) is 14.1 Å². The van der Waals surface area contributed by atoms with Gasteiger partial charge in [0.1, 0.15) is 6.04 Å². The van der Waals surface area contributed by atoms with Gasteiger partial charge in [-0.3, -0.25) is 0 Å². The van der Waals surface area contributed by atoms with Crippen molar-refractivity contribution in [3.8, 4) is 0 Å². The Bertz CT molecular complexity index is 778. The number of rotatable bonds is 4. The van der Waals surface area contributed by atoms with E-state index in [2.05, 4.69) is 112 Å². The van der Waals surface area contributed by atoms with Crippen molar-refractivity contribution >= 4 is 11.3 Å². The van der Waals surface area contributed by atoms with Crippen LogP contribution in [0, 0.1) is 0 Å². The first-order valence-electron chi connectivity index (χ1n) is 8.80. The van der Waals surface area contributed by atoms with Crippen molar-refractivity contribution in [1.29, 1.82) is 0 Å². The predicted molar refractivity (Wildman–Crippen MR) is 108 cm³/mol. The summed E-state index contributed by atoms with van der Waals surface area (Å²) in [5, 5.41) is 0. The zero-order chi connectivity index (χ0) is 17.8. The molecule has 1 N–H and O–H groups in total. The molecule has 1 aliphatic carbocycles. The van der Waals surface area contributed by atoms with E-state index >= 15 is 0 Å². The first-order chi connectivity index (χ1) is 12.1. The number of benzene rings is 2. The molecule has 1 aliphatic rings. The molecule has 0 radical (unpaired) electrons. The molecule has 0 saturated carbocycles. The van der Waals surface area contributed by atoms with Crippen LogP contribution >= 0.6 is 0 Å². The molecule has 25 heavy (non-hydrogen) atoms. The topological polar surface area (TPSA) is 7.68 Å². The van der Waals surface area contributed by atoms with E-state index in [-0.39, 0.29) is 0 Å². The normalized spacial score (nSPS) is 16.4. The Morgan fingerprint density at radius 2 is 1.36 bits per heavy atom. The third kappa shape index (κ3) is 3.92. The van der Waals surface area contributed by atoms with Crippen molar-refractivity contribution in [1.82, 2.24) is 0 Å². The van der Waals surface area contributed by atoms with Gasteiger partial charge in [-0.2, -0.15) is 0 Å². The van der Waals surface area contributed by atoms with Crippen LogP contribution in [0.2, 0.25) is 0 Å². The van der Waals surface area contributed by atoms with E-state index < -0.39 is 0 Å². The number of nitrogens with one attached hydrogen (secondary N) is 1. The summed E-state index contributed by atoms with van der Waals surface area (Å²) in [7, 11) is 8.52. The molecular weight excluding hydrogens is 304 g/mol. The molecule has 2 heteroatoms. The Labute approximate surface area is 151 Å². The summed E-state index contributed by atoms with van der Waals surface area (Å²) < 4.78 is 0. The van der Waals surface area contributed by atoms with Gasteiger partial charge in [0.25, 0.3) is 0 Å². The lowest BCUT2D eigenvalue weighted by Crippen LogP contribution is -3.09. The van der Waals surface area contributed by atoms with Crippen molar-refractivity contribution in [2.75, 3.05) is 33.1 Å². The lowest BCUT2D eigenvalue weighted by Gasteiger charge is -2.20. The lowest BCUT2D eigenvalue weighted by molar-refractivity contribution is -0.871. The summed E-state index contributed by atoms with van der Waals surface area (Å²) in [5.41, 5.74) is 6.26. The number of hydrogen-bond donors (Lipinski definition) is 1.